The maximum Gasteiger partial charge on any atom is 0.101 e. The van der Waals surface area contributed by atoms with Gasteiger partial charge >= 0.3 is 0 Å². The normalized spacial score (nSPS) is 23.2. The predicted octanol–water partition coefficient (Wildman–Crippen LogP) is 0.933. The Kier molecular flexibility index (Phi) is 7.76. The summed E-state index contributed by atoms with van der Waals surface area (Å²) < 4.78 is 10.5. The van der Waals surface area contributed by atoms with Crippen molar-refractivity contribution in [2.45, 2.75) is 44.8 Å². The Labute approximate surface area is 98.3 Å². The number of hydrogen-bond acceptors (Lipinski definition) is 4. The van der Waals surface area contributed by atoms with E-state index in [1.54, 1.807) is 0 Å². The van der Waals surface area contributed by atoms with Crippen LogP contribution in [0.1, 0.15) is 32.6 Å². The zero-order valence-corrected chi connectivity index (χ0v) is 10.3. The molecule has 0 aromatic heterocycles. The number of hydrogen-bond donors (Lipinski definition) is 2. The summed E-state index contributed by atoms with van der Waals surface area (Å²) in [4.78, 5) is 0. The molecule has 1 fully saturated rings. The summed E-state index contributed by atoms with van der Waals surface area (Å²) in [7, 11) is 0. The molecule has 2 unspecified atom stereocenters. The Morgan fingerprint density at radius 1 is 1.31 bits per heavy atom. The first-order valence-electron chi connectivity index (χ1n) is 6.40. The summed E-state index contributed by atoms with van der Waals surface area (Å²) in [6, 6.07) is 0.609. The van der Waals surface area contributed by atoms with Crippen LogP contribution in [0, 0.1) is 0 Å². The summed E-state index contributed by atoms with van der Waals surface area (Å²) in [5, 5.41) is 12.9. The molecule has 2 N–H and O–H groups in total. The van der Waals surface area contributed by atoms with Gasteiger partial charge in [0, 0.05) is 19.3 Å². The zero-order chi connectivity index (χ0) is 11.6. The largest absolute Gasteiger partial charge is 0.388 e. The highest BCUT2D eigenvalue weighted by atomic mass is 16.5. The van der Waals surface area contributed by atoms with Crippen molar-refractivity contribution in [3.05, 3.63) is 0 Å². The lowest BCUT2D eigenvalue weighted by molar-refractivity contribution is -0.0179. The van der Waals surface area contributed by atoms with Gasteiger partial charge in [0.1, 0.15) is 6.10 Å². The van der Waals surface area contributed by atoms with E-state index < -0.39 is 6.10 Å². The molecule has 4 heteroatoms. The van der Waals surface area contributed by atoms with Crippen molar-refractivity contribution < 1.29 is 14.6 Å². The molecule has 0 spiro atoms. The van der Waals surface area contributed by atoms with E-state index in [1.165, 1.54) is 19.3 Å². The second kappa shape index (κ2) is 8.93. The minimum absolute atomic E-state index is 0.373. The molecule has 1 rings (SSSR count). The number of rotatable bonds is 8. The van der Waals surface area contributed by atoms with E-state index in [2.05, 4.69) is 5.32 Å². The number of ether oxygens (including phenoxy) is 2. The van der Waals surface area contributed by atoms with E-state index in [-0.39, 0.29) is 0 Å². The molecular formula is C12H25NO3. The number of aliphatic hydroxyl groups is 1. The lowest BCUT2D eigenvalue weighted by Gasteiger charge is -2.23. The predicted molar refractivity (Wildman–Crippen MR) is 63.6 cm³/mol. The highest BCUT2D eigenvalue weighted by Gasteiger charge is 2.12. The van der Waals surface area contributed by atoms with Crippen molar-refractivity contribution in [3.8, 4) is 0 Å². The van der Waals surface area contributed by atoms with Crippen LogP contribution >= 0.6 is 0 Å². The molecule has 0 radical (unpaired) electrons. The SMILES string of the molecule is CCOCC(O)COCCC1CCCCN1. The van der Waals surface area contributed by atoms with Gasteiger partial charge in [-0.25, -0.2) is 0 Å². The standard InChI is InChI=1S/C12H25NO3/c1-2-15-9-12(14)10-16-8-6-11-5-3-4-7-13-11/h11-14H,2-10H2,1H3. The topological polar surface area (TPSA) is 50.7 Å². The van der Waals surface area contributed by atoms with Gasteiger partial charge < -0.3 is 19.9 Å². The van der Waals surface area contributed by atoms with Gasteiger partial charge in [0.05, 0.1) is 13.2 Å². The molecule has 1 aliphatic heterocycles. The van der Waals surface area contributed by atoms with Gasteiger partial charge in [-0.2, -0.15) is 0 Å². The summed E-state index contributed by atoms with van der Waals surface area (Å²) in [5.74, 6) is 0. The van der Waals surface area contributed by atoms with E-state index in [0.717, 1.165) is 19.6 Å². The van der Waals surface area contributed by atoms with E-state index in [1.807, 2.05) is 6.92 Å². The highest BCUT2D eigenvalue weighted by molar-refractivity contribution is 4.71. The Bertz CT molecular complexity index is 160. The van der Waals surface area contributed by atoms with Gasteiger partial charge in [-0.3, -0.25) is 0 Å². The number of piperidine rings is 1. The van der Waals surface area contributed by atoms with Crippen molar-refractivity contribution in [2.75, 3.05) is 33.0 Å². The maximum absolute atomic E-state index is 9.45. The summed E-state index contributed by atoms with van der Waals surface area (Å²) in [6.45, 7) is 5.18. The van der Waals surface area contributed by atoms with E-state index in [0.29, 0.717) is 25.9 Å². The molecular weight excluding hydrogens is 206 g/mol. The molecule has 4 nitrogen and oxygen atoms in total. The van der Waals surface area contributed by atoms with Crippen LogP contribution in [0.2, 0.25) is 0 Å². The quantitative estimate of drug-likeness (QED) is 0.610. The lowest BCUT2D eigenvalue weighted by Crippen LogP contribution is -2.35. The third kappa shape index (κ3) is 6.43. The Morgan fingerprint density at radius 2 is 2.12 bits per heavy atom. The monoisotopic (exact) mass is 231 g/mol. The molecule has 0 aliphatic carbocycles. The molecule has 1 heterocycles. The molecule has 1 aliphatic rings. The smallest absolute Gasteiger partial charge is 0.101 e. The third-order valence-corrected chi connectivity index (χ3v) is 2.85. The molecule has 96 valence electrons. The average molecular weight is 231 g/mol. The fraction of sp³-hybridized carbons (Fsp3) is 1.00. The van der Waals surface area contributed by atoms with E-state index >= 15 is 0 Å². The van der Waals surface area contributed by atoms with Gasteiger partial charge in [-0.05, 0) is 32.7 Å². The van der Waals surface area contributed by atoms with Gasteiger partial charge in [0.15, 0.2) is 0 Å². The number of aliphatic hydroxyl groups excluding tert-OH is 1. The van der Waals surface area contributed by atoms with Crippen LogP contribution in [0.25, 0.3) is 0 Å². The molecule has 0 saturated carbocycles. The van der Waals surface area contributed by atoms with Crippen LogP contribution in [-0.4, -0.2) is 50.2 Å². The molecule has 0 amide bonds. The van der Waals surface area contributed by atoms with E-state index in [4.69, 9.17) is 9.47 Å². The van der Waals surface area contributed by atoms with Crippen molar-refractivity contribution in [2.24, 2.45) is 0 Å². The van der Waals surface area contributed by atoms with Crippen LogP contribution in [0.3, 0.4) is 0 Å². The fourth-order valence-electron chi connectivity index (χ4n) is 1.92. The highest BCUT2D eigenvalue weighted by Crippen LogP contribution is 2.09. The van der Waals surface area contributed by atoms with Gasteiger partial charge in [0.25, 0.3) is 0 Å². The van der Waals surface area contributed by atoms with Gasteiger partial charge in [-0.1, -0.05) is 6.42 Å². The molecule has 1 saturated heterocycles. The molecule has 2 atom stereocenters. The lowest BCUT2D eigenvalue weighted by atomic mass is 10.0. The molecule has 0 bridgehead atoms. The minimum atomic E-state index is -0.487. The van der Waals surface area contributed by atoms with Gasteiger partial charge in [-0.15, -0.1) is 0 Å². The first-order chi connectivity index (χ1) is 7.83. The van der Waals surface area contributed by atoms with E-state index in [9.17, 15) is 5.11 Å². The average Bonchev–Trinajstić information content (AvgIpc) is 2.33. The molecule has 0 aromatic carbocycles. The number of nitrogens with one attached hydrogen (secondary N) is 1. The van der Waals surface area contributed by atoms with Crippen molar-refractivity contribution in [3.63, 3.8) is 0 Å². The van der Waals surface area contributed by atoms with Crippen LogP contribution < -0.4 is 5.32 Å². The van der Waals surface area contributed by atoms with Crippen molar-refractivity contribution in [1.82, 2.24) is 5.32 Å². The second-order valence-corrected chi connectivity index (χ2v) is 4.32. The summed E-state index contributed by atoms with van der Waals surface area (Å²) in [5.41, 5.74) is 0. The van der Waals surface area contributed by atoms with Crippen LogP contribution in [0.15, 0.2) is 0 Å². The van der Waals surface area contributed by atoms with Gasteiger partial charge in [0.2, 0.25) is 0 Å². The summed E-state index contributed by atoms with van der Waals surface area (Å²) in [6.07, 6.45) is 4.43. The first-order valence-corrected chi connectivity index (χ1v) is 6.40. The maximum atomic E-state index is 9.45. The third-order valence-electron chi connectivity index (χ3n) is 2.85. The van der Waals surface area contributed by atoms with Crippen LogP contribution in [-0.2, 0) is 9.47 Å². The van der Waals surface area contributed by atoms with Crippen molar-refractivity contribution in [1.29, 1.82) is 0 Å². The Hall–Kier alpha value is -0.160. The van der Waals surface area contributed by atoms with Crippen LogP contribution in [0.5, 0.6) is 0 Å². The second-order valence-electron chi connectivity index (χ2n) is 4.32. The first kappa shape index (κ1) is 13.9. The van der Waals surface area contributed by atoms with Crippen LogP contribution in [0.4, 0.5) is 0 Å². The zero-order valence-electron chi connectivity index (χ0n) is 10.3. The fourth-order valence-corrected chi connectivity index (χ4v) is 1.92. The minimum Gasteiger partial charge on any atom is -0.388 e. The molecule has 0 aromatic rings. The summed E-state index contributed by atoms with van der Waals surface area (Å²) >= 11 is 0. The Balaban J connectivity index is 1.90. The molecule has 16 heavy (non-hydrogen) atoms. The Morgan fingerprint density at radius 3 is 2.81 bits per heavy atom. The van der Waals surface area contributed by atoms with Crippen molar-refractivity contribution >= 4 is 0 Å².